The van der Waals surface area contributed by atoms with Crippen LogP contribution in [0.1, 0.15) is 5.56 Å². The molecule has 0 spiro atoms. The third-order valence-corrected chi connectivity index (χ3v) is 5.23. The van der Waals surface area contributed by atoms with Gasteiger partial charge in [-0.1, -0.05) is 18.2 Å². The molecule has 2 N–H and O–H groups in total. The Morgan fingerprint density at radius 1 is 1.23 bits per heavy atom. The predicted octanol–water partition coefficient (Wildman–Crippen LogP) is 0.822. The Bertz CT molecular complexity index is 773. The number of ether oxygens (including phenoxy) is 1. The molecule has 7 heteroatoms. The van der Waals surface area contributed by atoms with Crippen molar-refractivity contribution in [2.24, 2.45) is 0 Å². The maximum absolute atomic E-state index is 12.6. The van der Waals surface area contributed by atoms with Gasteiger partial charge in [-0.2, -0.15) is 0 Å². The van der Waals surface area contributed by atoms with Crippen molar-refractivity contribution in [3.63, 3.8) is 0 Å². The molecule has 2 aliphatic heterocycles. The first-order chi connectivity index (χ1) is 12.7. The number of likely N-dealkylation sites (tertiary alicyclic amines) is 1. The van der Waals surface area contributed by atoms with E-state index in [1.54, 1.807) is 11.1 Å². The van der Waals surface area contributed by atoms with Crippen LogP contribution in [0.4, 0.5) is 4.79 Å². The van der Waals surface area contributed by atoms with Crippen LogP contribution in [-0.4, -0.2) is 77.5 Å². The van der Waals surface area contributed by atoms with Crippen molar-refractivity contribution in [2.45, 2.75) is 18.7 Å². The van der Waals surface area contributed by atoms with Gasteiger partial charge < -0.3 is 20.1 Å². The van der Waals surface area contributed by atoms with Gasteiger partial charge in [-0.05, 0) is 17.7 Å². The lowest BCUT2D eigenvalue weighted by Crippen LogP contribution is -2.49. The number of amides is 2. The summed E-state index contributed by atoms with van der Waals surface area (Å²) >= 11 is 0. The molecule has 0 saturated carbocycles. The summed E-state index contributed by atoms with van der Waals surface area (Å²) in [5, 5.41) is 14.4. The molecule has 2 saturated heterocycles. The zero-order chi connectivity index (χ0) is 17.9. The van der Waals surface area contributed by atoms with Gasteiger partial charge in [0.25, 0.3) is 0 Å². The van der Waals surface area contributed by atoms with Crippen molar-refractivity contribution in [1.82, 2.24) is 20.1 Å². The largest absolute Gasteiger partial charge is 0.390 e. The molecule has 26 heavy (non-hydrogen) atoms. The van der Waals surface area contributed by atoms with E-state index in [9.17, 15) is 9.90 Å². The van der Waals surface area contributed by atoms with Crippen LogP contribution < -0.4 is 5.32 Å². The van der Waals surface area contributed by atoms with Crippen LogP contribution in [0.5, 0.6) is 0 Å². The topological polar surface area (TPSA) is 77.9 Å². The molecular weight excluding hydrogens is 332 g/mol. The van der Waals surface area contributed by atoms with Crippen LogP contribution >= 0.6 is 0 Å². The molecule has 0 bridgehead atoms. The van der Waals surface area contributed by atoms with Gasteiger partial charge in [-0.3, -0.25) is 9.88 Å². The first kappa shape index (κ1) is 17.2. The molecule has 4 rings (SSSR count). The molecule has 138 valence electrons. The molecule has 2 amide bonds. The van der Waals surface area contributed by atoms with Crippen molar-refractivity contribution in [1.29, 1.82) is 0 Å². The van der Waals surface area contributed by atoms with Gasteiger partial charge in [-0.25, -0.2) is 4.79 Å². The third kappa shape index (κ3) is 3.51. The van der Waals surface area contributed by atoms with E-state index in [4.69, 9.17) is 4.74 Å². The zero-order valence-corrected chi connectivity index (χ0v) is 14.7. The number of β-amino-alcohol motifs (C(OH)–C–C–N with tert-alkyl or cyclic N) is 1. The van der Waals surface area contributed by atoms with Crippen molar-refractivity contribution in [3.8, 4) is 0 Å². The fourth-order valence-electron chi connectivity index (χ4n) is 3.80. The third-order valence-electron chi connectivity index (χ3n) is 5.23. The number of para-hydroxylation sites is 1. The normalized spacial score (nSPS) is 24.1. The van der Waals surface area contributed by atoms with E-state index in [0.717, 1.165) is 29.6 Å². The first-order valence-corrected chi connectivity index (χ1v) is 9.07. The Kier molecular flexibility index (Phi) is 5.01. The Balaban J connectivity index is 1.37. The van der Waals surface area contributed by atoms with Gasteiger partial charge >= 0.3 is 6.03 Å². The van der Waals surface area contributed by atoms with Crippen LogP contribution in [0, 0.1) is 0 Å². The molecule has 2 atom stereocenters. The standard InChI is InChI=1S/C19H24N4O3/c24-18-13-23(12-17(18)22-7-9-26-10-8-22)19(25)21-11-14-5-6-20-16-4-2-1-3-15(14)16/h1-6,17-18,24H,7-13H2,(H,21,25)/t17-,18-/m0/s1. The van der Waals surface area contributed by atoms with Crippen LogP contribution in [0.15, 0.2) is 36.5 Å². The fourth-order valence-corrected chi connectivity index (χ4v) is 3.80. The second-order valence-corrected chi connectivity index (χ2v) is 6.83. The lowest BCUT2D eigenvalue weighted by molar-refractivity contribution is -0.00607. The molecule has 0 aliphatic carbocycles. The number of hydrogen-bond acceptors (Lipinski definition) is 5. The van der Waals surface area contributed by atoms with Crippen molar-refractivity contribution >= 4 is 16.9 Å². The lowest BCUT2D eigenvalue weighted by atomic mass is 10.1. The highest BCUT2D eigenvalue weighted by Gasteiger charge is 2.38. The highest BCUT2D eigenvalue weighted by molar-refractivity contribution is 5.82. The van der Waals surface area contributed by atoms with E-state index in [1.807, 2.05) is 30.3 Å². The van der Waals surface area contributed by atoms with E-state index in [-0.39, 0.29) is 12.1 Å². The van der Waals surface area contributed by atoms with E-state index >= 15 is 0 Å². The summed E-state index contributed by atoms with van der Waals surface area (Å²) in [4.78, 5) is 20.8. The quantitative estimate of drug-likeness (QED) is 0.851. The van der Waals surface area contributed by atoms with E-state index in [1.165, 1.54) is 0 Å². The van der Waals surface area contributed by atoms with E-state index in [2.05, 4.69) is 15.2 Å². The van der Waals surface area contributed by atoms with Crippen LogP contribution in [-0.2, 0) is 11.3 Å². The smallest absolute Gasteiger partial charge is 0.317 e. The maximum atomic E-state index is 12.6. The second-order valence-electron chi connectivity index (χ2n) is 6.83. The van der Waals surface area contributed by atoms with Gasteiger partial charge in [0.15, 0.2) is 0 Å². The number of aromatic nitrogens is 1. The van der Waals surface area contributed by atoms with Gasteiger partial charge in [0.2, 0.25) is 0 Å². The number of urea groups is 1. The molecule has 1 aromatic carbocycles. The highest BCUT2D eigenvalue weighted by atomic mass is 16.5. The molecule has 1 aromatic heterocycles. The minimum absolute atomic E-state index is 0.00796. The van der Waals surface area contributed by atoms with Crippen molar-refractivity contribution in [2.75, 3.05) is 39.4 Å². The van der Waals surface area contributed by atoms with Gasteiger partial charge in [0, 0.05) is 44.3 Å². The number of carbonyl (C=O) groups is 1. The van der Waals surface area contributed by atoms with Gasteiger partial charge in [0.05, 0.1) is 30.9 Å². The highest BCUT2D eigenvalue weighted by Crippen LogP contribution is 2.19. The Morgan fingerprint density at radius 2 is 2.04 bits per heavy atom. The first-order valence-electron chi connectivity index (χ1n) is 9.07. The van der Waals surface area contributed by atoms with E-state index in [0.29, 0.717) is 32.8 Å². The number of benzene rings is 1. The number of aliphatic hydroxyl groups excluding tert-OH is 1. The van der Waals surface area contributed by atoms with Crippen molar-refractivity contribution in [3.05, 3.63) is 42.1 Å². The second kappa shape index (κ2) is 7.57. The summed E-state index contributed by atoms with van der Waals surface area (Å²) in [6.07, 6.45) is 1.25. The molecule has 2 fully saturated rings. The predicted molar refractivity (Wildman–Crippen MR) is 97.7 cm³/mol. The molecule has 2 aliphatic rings. The fraction of sp³-hybridized carbons (Fsp3) is 0.474. The maximum Gasteiger partial charge on any atom is 0.317 e. The average molecular weight is 356 g/mol. The lowest BCUT2D eigenvalue weighted by Gasteiger charge is -2.33. The monoisotopic (exact) mass is 356 g/mol. The van der Waals surface area contributed by atoms with Gasteiger partial charge in [0.1, 0.15) is 0 Å². The number of aliphatic hydroxyl groups is 1. The van der Waals surface area contributed by atoms with Gasteiger partial charge in [-0.15, -0.1) is 0 Å². The Morgan fingerprint density at radius 3 is 2.88 bits per heavy atom. The summed E-state index contributed by atoms with van der Waals surface area (Å²) in [5.41, 5.74) is 1.96. The summed E-state index contributed by atoms with van der Waals surface area (Å²) in [6.45, 7) is 4.33. The summed E-state index contributed by atoms with van der Waals surface area (Å²) in [6, 6.07) is 9.68. The number of rotatable bonds is 3. The summed E-state index contributed by atoms with van der Waals surface area (Å²) in [7, 11) is 0. The molecular formula is C19H24N4O3. The molecule has 7 nitrogen and oxygen atoms in total. The van der Waals surface area contributed by atoms with Crippen LogP contribution in [0.2, 0.25) is 0 Å². The molecule has 0 unspecified atom stereocenters. The SMILES string of the molecule is O=C(NCc1ccnc2ccccc12)N1C[C@H](O)[C@@H](N2CCOCC2)C1. The van der Waals surface area contributed by atoms with Crippen molar-refractivity contribution < 1.29 is 14.6 Å². The van der Waals surface area contributed by atoms with Crippen LogP contribution in [0.3, 0.4) is 0 Å². The summed E-state index contributed by atoms with van der Waals surface area (Å²) in [5.74, 6) is 0. The number of hydrogen-bond donors (Lipinski definition) is 2. The number of pyridine rings is 1. The molecule has 0 radical (unpaired) electrons. The minimum atomic E-state index is -0.513. The number of fused-ring (bicyclic) bond motifs is 1. The number of morpholine rings is 1. The molecule has 2 aromatic rings. The number of carbonyl (C=O) groups excluding carboxylic acids is 1. The van der Waals surface area contributed by atoms with Crippen LogP contribution in [0.25, 0.3) is 10.9 Å². The summed E-state index contributed by atoms with van der Waals surface area (Å²) < 4.78 is 5.37. The average Bonchev–Trinajstić information content (AvgIpc) is 3.08. The zero-order valence-electron chi connectivity index (χ0n) is 14.7. The number of nitrogens with one attached hydrogen (secondary N) is 1. The molecule has 3 heterocycles. The Hall–Kier alpha value is -2.22. The minimum Gasteiger partial charge on any atom is -0.390 e. The van der Waals surface area contributed by atoms with E-state index < -0.39 is 6.10 Å². The Labute approximate surface area is 152 Å². The number of nitrogens with zero attached hydrogens (tertiary/aromatic N) is 3.